The molecule has 7 heteroatoms. The maximum absolute atomic E-state index is 5.96. The van der Waals surface area contributed by atoms with Crippen LogP contribution in [0.25, 0.3) is 5.57 Å². The Labute approximate surface area is 196 Å². The minimum absolute atomic E-state index is 0.227. The number of nitrogens with one attached hydrogen (secondary N) is 1. The van der Waals surface area contributed by atoms with Gasteiger partial charge in [-0.1, -0.05) is 37.0 Å². The molecule has 0 aromatic carbocycles. The van der Waals surface area contributed by atoms with Gasteiger partial charge >= 0.3 is 0 Å². The predicted molar refractivity (Wildman–Crippen MR) is 144 cm³/mol. The minimum atomic E-state index is 0.227. The first-order valence-electron chi connectivity index (χ1n) is 10.4. The van der Waals surface area contributed by atoms with Crippen LogP contribution in [0.3, 0.4) is 0 Å². The Morgan fingerprint density at radius 3 is 2.62 bits per heavy atom. The van der Waals surface area contributed by atoms with E-state index in [4.69, 9.17) is 5.73 Å². The summed E-state index contributed by atoms with van der Waals surface area (Å²) < 4.78 is 0. The van der Waals surface area contributed by atoms with Crippen LogP contribution in [-0.2, 0) is 0 Å². The highest BCUT2D eigenvalue weighted by molar-refractivity contribution is 8.03. The molecule has 6 nitrogen and oxygen atoms in total. The third kappa shape index (κ3) is 10.7. The molecular weight excluding hydrogens is 416 g/mol. The van der Waals surface area contributed by atoms with Gasteiger partial charge in [0.25, 0.3) is 0 Å². The van der Waals surface area contributed by atoms with Gasteiger partial charge in [-0.2, -0.15) is 4.98 Å². The maximum atomic E-state index is 5.96. The van der Waals surface area contributed by atoms with Gasteiger partial charge in [-0.05, 0) is 52.5 Å². The lowest BCUT2D eigenvalue weighted by atomic mass is 10.1. The Morgan fingerprint density at radius 2 is 1.97 bits per heavy atom. The van der Waals surface area contributed by atoms with E-state index in [9.17, 15) is 0 Å². The van der Waals surface area contributed by atoms with Gasteiger partial charge in [0.1, 0.15) is 5.82 Å². The summed E-state index contributed by atoms with van der Waals surface area (Å²) in [7, 11) is 0. The van der Waals surface area contributed by atoms with Crippen molar-refractivity contribution < 1.29 is 0 Å². The Kier molecular flexibility index (Phi) is 13.1. The van der Waals surface area contributed by atoms with Gasteiger partial charge in [-0.3, -0.25) is 9.98 Å². The van der Waals surface area contributed by atoms with E-state index < -0.39 is 0 Å². The first kappa shape index (κ1) is 26.8. The van der Waals surface area contributed by atoms with Gasteiger partial charge in [-0.25, -0.2) is 4.98 Å². The molecule has 1 unspecified atom stereocenters. The number of allylic oxidation sites excluding steroid dienone is 6. The van der Waals surface area contributed by atoms with Crippen LogP contribution in [0.5, 0.6) is 0 Å². The van der Waals surface area contributed by atoms with E-state index in [2.05, 4.69) is 57.6 Å². The van der Waals surface area contributed by atoms with Gasteiger partial charge in [0, 0.05) is 47.0 Å². The van der Waals surface area contributed by atoms with Crippen molar-refractivity contribution in [3.8, 4) is 0 Å². The number of nitrogens with two attached hydrogens (primary N) is 1. The van der Waals surface area contributed by atoms with Crippen LogP contribution in [0, 0.1) is 0 Å². The van der Waals surface area contributed by atoms with Crippen LogP contribution in [-0.4, -0.2) is 28.2 Å². The molecule has 0 saturated heterocycles. The predicted octanol–water partition coefficient (Wildman–Crippen LogP) is 6.57. The quantitative estimate of drug-likeness (QED) is 0.202. The van der Waals surface area contributed by atoms with Gasteiger partial charge in [0.05, 0.1) is 5.69 Å². The van der Waals surface area contributed by atoms with Crippen molar-refractivity contribution in [3.63, 3.8) is 0 Å². The summed E-state index contributed by atoms with van der Waals surface area (Å²) in [6.07, 6.45) is 18.8. The summed E-state index contributed by atoms with van der Waals surface area (Å²) in [5.41, 5.74) is 8.80. The van der Waals surface area contributed by atoms with Crippen molar-refractivity contribution in [2.75, 3.05) is 11.1 Å². The van der Waals surface area contributed by atoms with Crippen molar-refractivity contribution in [2.45, 2.75) is 45.8 Å². The molecular formula is C25H34N6S. The number of hydrogen-bond acceptors (Lipinski definition) is 7. The van der Waals surface area contributed by atoms with Crippen molar-refractivity contribution >= 4 is 42.0 Å². The highest BCUT2D eigenvalue weighted by Crippen LogP contribution is 2.23. The van der Waals surface area contributed by atoms with Crippen molar-refractivity contribution in [1.82, 2.24) is 9.97 Å². The zero-order valence-corrected chi connectivity index (χ0v) is 20.3. The molecule has 1 rings (SSSR count). The SMILES string of the molecule is C=N/C=C\C/C(=C\C)c1cc(N/C(=C/C)C/C=C\C(C)SC(=C)/C=C\N=CC)nc(N)n1. The van der Waals surface area contributed by atoms with E-state index in [1.807, 2.05) is 51.1 Å². The summed E-state index contributed by atoms with van der Waals surface area (Å²) in [6, 6.07) is 1.90. The summed E-state index contributed by atoms with van der Waals surface area (Å²) in [5, 5.41) is 3.66. The smallest absolute Gasteiger partial charge is 0.222 e. The number of aliphatic imine (C=N–C) groups is 2. The average molecular weight is 451 g/mol. The molecule has 32 heavy (non-hydrogen) atoms. The van der Waals surface area contributed by atoms with Crippen molar-refractivity contribution in [2.24, 2.45) is 9.98 Å². The summed E-state index contributed by atoms with van der Waals surface area (Å²) in [6.45, 7) is 15.5. The fourth-order valence-electron chi connectivity index (χ4n) is 2.64. The van der Waals surface area contributed by atoms with Crippen LogP contribution >= 0.6 is 11.8 Å². The fourth-order valence-corrected chi connectivity index (χ4v) is 3.45. The fraction of sp³-hybridized carbons (Fsp3) is 0.280. The highest BCUT2D eigenvalue weighted by atomic mass is 32.2. The topological polar surface area (TPSA) is 88.5 Å². The standard InChI is InChI=1S/C25H34N6S/c1-7-21(13-11-16-27-6)23-18-24(31-25(26)30-23)29-22(8-2)14-10-12-19(4)32-20(5)15-17-28-9-3/h7-12,15-19H,5-6,13-14H2,1-4H3,(H3,26,29,30,31)/b12-10-,16-11-,17-15-,21-7+,22-8+,28-9?. The molecule has 0 spiro atoms. The molecule has 3 N–H and O–H groups in total. The Bertz CT molecular complexity index is 938. The lowest BCUT2D eigenvalue weighted by Gasteiger charge is -2.12. The van der Waals surface area contributed by atoms with E-state index >= 15 is 0 Å². The molecule has 0 aliphatic rings. The average Bonchev–Trinajstić information content (AvgIpc) is 2.75. The van der Waals surface area contributed by atoms with E-state index in [-0.39, 0.29) is 5.95 Å². The molecule has 0 fully saturated rings. The van der Waals surface area contributed by atoms with E-state index in [1.165, 1.54) is 0 Å². The molecule has 1 aromatic rings. The zero-order valence-electron chi connectivity index (χ0n) is 19.5. The Morgan fingerprint density at radius 1 is 1.19 bits per heavy atom. The second-order valence-electron chi connectivity index (χ2n) is 6.67. The molecule has 1 atom stereocenters. The molecule has 0 aliphatic heterocycles. The van der Waals surface area contributed by atoms with Gasteiger partial charge in [-0.15, -0.1) is 11.8 Å². The summed E-state index contributed by atoms with van der Waals surface area (Å²) in [5.74, 6) is 0.891. The third-order valence-electron chi connectivity index (χ3n) is 4.18. The molecule has 1 heterocycles. The third-order valence-corrected chi connectivity index (χ3v) is 5.15. The first-order valence-corrected chi connectivity index (χ1v) is 11.3. The maximum Gasteiger partial charge on any atom is 0.222 e. The lowest BCUT2D eigenvalue weighted by Crippen LogP contribution is -2.06. The number of rotatable bonds is 13. The molecule has 0 amide bonds. The first-order chi connectivity index (χ1) is 15.4. The monoisotopic (exact) mass is 450 g/mol. The van der Waals surface area contributed by atoms with Crippen LogP contribution in [0.4, 0.5) is 11.8 Å². The van der Waals surface area contributed by atoms with Crippen LogP contribution < -0.4 is 11.1 Å². The van der Waals surface area contributed by atoms with Crippen molar-refractivity contribution in [3.05, 3.63) is 77.8 Å². The Hall–Kier alpha value is -3.19. The van der Waals surface area contributed by atoms with E-state index in [0.717, 1.165) is 28.3 Å². The second-order valence-corrected chi connectivity index (χ2v) is 8.17. The normalized spacial score (nSPS) is 14.1. The molecule has 0 saturated carbocycles. The molecule has 0 bridgehead atoms. The van der Waals surface area contributed by atoms with Gasteiger partial charge in [0.2, 0.25) is 5.95 Å². The number of nitrogens with zero attached hydrogens (tertiary/aromatic N) is 4. The van der Waals surface area contributed by atoms with Crippen LogP contribution in [0.15, 0.2) is 82.1 Å². The van der Waals surface area contributed by atoms with Gasteiger partial charge in [0.15, 0.2) is 0 Å². The second kappa shape index (κ2) is 15.6. The number of anilines is 2. The molecule has 0 aliphatic carbocycles. The number of thioether (sulfide) groups is 1. The Balaban J connectivity index is 2.78. The highest BCUT2D eigenvalue weighted by Gasteiger charge is 2.07. The minimum Gasteiger partial charge on any atom is -0.368 e. The van der Waals surface area contributed by atoms with Crippen LogP contribution in [0.1, 0.15) is 46.2 Å². The molecule has 0 radical (unpaired) electrons. The number of aromatic nitrogens is 2. The summed E-state index contributed by atoms with van der Waals surface area (Å²) in [4.78, 5) is 17.5. The largest absolute Gasteiger partial charge is 0.368 e. The van der Waals surface area contributed by atoms with Crippen LogP contribution in [0.2, 0.25) is 0 Å². The number of hydrogen-bond donors (Lipinski definition) is 2. The number of nitrogen functional groups attached to an aromatic ring is 1. The molecule has 1 aromatic heterocycles. The lowest BCUT2D eigenvalue weighted by molar-refractivity contribution is 1.11. The summed E-state index contributed by atoms with van der Waals surface area (Å²) >= 11 is 1.69. The van der Waals surface area contributed by atoms with E-state index in [0.29, 0.717) is 17.5 Å². The van der Waals surface area contributed by atoms with Crippen molar-refractivity contribution in [1.29, 1.82) is 0 Å². The van der Waals surface area contributed by atoms with Gasteiger partial charge < -0.3 is 11.1 Å². The zero-order chi connectivity index (χ0) is 23.8. The molecule has 170 valence electrons. The van der Waals surface area contributed by atoms with E-state index in [1.54, 1.807) is 30.4 Å².